The highest BCUT2D eigenvalue weighted by molar-refractivity contribution is 5.90. The summed E-state index contributed by atoms with van der Waals surface area (Å²) in [5.74, 6) is 7.67. The van der Waals surface area contributed by atoms with E-state index in [1.165, 1.54) is 6.33 Å². The van der Waals surface area contributed by atoms with Gasteiger partial charge in [-0.2, -0.15) is 5.10 Å². The monoisotopic (exact) mass is 530 g/mol. The second-order valence-corrected chi connectivity index (χ2v) is 10.7. The van der Waals surface area contributed by atoms with Crippen LogP contribution in [-0.4, -0.2) is 72.2 Å². The van der Waals surface area contributed by atoms with Crippen molar-refractivity contribution in [2.24, 2.45) is 0 Å². The maximum absolute atomic E-state index is 13.0. The van der Waals surface area contributed by atoms with Crippen LogP contribution in [-0.2, 0) is 16.0 Å². The predicted octanol–water partition coefficient (Wildman–Crippen LogP) is 3.68. The van der Waals surface area contributed by atoms with Crippen LogP contribution in [0, 0.1) is 18.8 Å². The molecule has 39 heavy (non-hydrogen) atoms. The van der Waals surface area contributed by atoms with Crippen LogP contribution in [0.5, 0.6) is 0 Å². The van der Waals surface area contributed by atoms with E-state index < -0.39 is 5.60 Å². The normalized spacial score (nSPS) is 17.5. The molecule has 4 aromatic rings. The summed E-state index contributed by atoms with van der Waals surface area (Å²) in [6.45, 7) is 11.3. The number of aryl methyl sites for hydroxylation is 2. The molecular weight excluding hydrogens is 496 g/mol. The van der Waals surface area contributed by atoms with E-state index in [9.17, 15) is 4.79 Å². The first-order chi connectivity index (χ1) is 18.6. The van der Waals surface area contributed by atoms with E-state index in [1.54, 1.807) is 16.7 Å². The molecule has 1 aliphatic heterocycles. The van der Waals surface area contributed by atoms with E-state index in [4.69, 9.17) is 20.3 Å². The van der Waals surface area contributed by atoms with Gasteiger partial charge in [0.1, 0.15) is 29.3 Å². The van der Waals surface area contributed by atoms with Crippen molar-refractivity contribution in [3.8, 4) is 11.8 Å². The van der Waals surface area contributed by atoms with Crippen LogP contribution in [0.3, 0.4) is 0 Å². The Labute approximate surface area is 227 Å². The lowest BCUT2D eigenvalue weighted by Crippen LogP contribution is -2.41. The largest absolute Gasteiger partial charge is 0.444 e. The van der Waals surface area contributed by atoms with E-state index in [-0.39, 0.29) is 18.2 Å². The number of hydrogen-bond donors (Lipinski definition) is 1. The van der Waals surface area contributed by atoms with Gasteiger partial charge in [-0.1, -0.05) is 5.92 Å². The van der Waals surface area contributed by atoms with Gasteiger partial charge >= 0.3 is 6.09 Å². The van der Waals surface area contributed by atoms with Crippen molar-refractivity contribution >= 4 is 34.0 Å². The second kappa shape index (κ2) is 10.2. The van der Waals surface area contributed by atoms with E-state index >= 15 is 0 Å². The first kappa shape index (κ1) is 26.4. The van der Waals surface area contributed by atoms with Gasteiger partial charge in [0, 0.05) is 25.8 Å². The molecule has 0 saturated carbocycles. The summed E-state index contributed by atoms with van der Waals surface area (Å²) in [5, 5.41) is 5.42. The third kappa shape index (κ3) is 5.12. The lowest BCUT2D eigenvalue weighted by atomic mass is 10.2. The van der Waals surface area contributed by atoms with Gasteiger partial charge in [-0.15, -0.1) is 0 Å². The fourth-order valence-corrected chi connectivity index (χ4v) is 5.16. The minimum Gasteiger partial charge on any atom is -0.444 e. The maximum atomic E-state index is 13.0. The summed E-state index contributed by atoms with van der Waals surface area (Å²) in [7, 11) is 1.62. The van der Waals surface area contributed by atoms with Crippen molar-refractivity contribution in [2.75, 3.05) is 26.0 Å². The fourth-order valence-electron chi connectivity index (χ4n) is 5.16. The topological polar surface area (TPSA) is 126 Å². The van der Waals surface area contributed by atoms with Gasteiger partial charge in [0.15, 0.2) is 5.65 Å². The van der Waals surface area contributed by atoms with Gasteiger partial charge in [0.25, 0.3) is 0 Å². The molecule has 1 saturated heterocycles. The number of carbonyl (C=O) groups excluding carboxylic acids is 1. The number of likely N-dealkylation sites (tertiary alicyclic amines) is 1. The van der Waals surface area contributed by atoms with Gasteiger partial charge in [-0.25, -0.2) is 24.4 Å². The number of nitrogens with two attached hydrogens (primary N) is 1. The Hall–Kier alpha value is -4.17. The SMILES string of the molecule is CCn1c(C)nc2cc(C#Cc3nn([C@H]4C[C@H](COC)N(C(=O)OC(C)(C)C)C4)c4ncnc(N)c34)ccc21. The highest BCUT2D eigenvalue weighted by Gasteiger charge is 2.39. The van der Waals surface area contributed by atoms with Crippen LogP contribution < -0.4 is 5.73 Å². The Bertz CT molecular complexity index is 1600. The highest BCUT2D eigenvalue weighted by Crippen LogP contribution is 2.32. The number of carbonyl (C=O) groups is 1. The molecule has 11 nitrogen and oxygen atoms in total. The van der Waals surface area contributed by atoms with E-state index in [0.29, 0.717) is 42.1 Å². The number of imidazole rings is 1. The molecule has 1 amide bonds. The van der Waals surface area contributed by atoms with Crippen molar-refractivity contribution in [1.82, 2.24) is 34.2 Å². The summed E-state index contributed by atoms with van der Waals surface area (Å²) in [6.07, 6.45) is 1.66. The third-order valence-corrected chi connectivity index (χ3v) is 6.82. The number of aromatic nitrogens is 6. The molecule has 0 spiro atoms. The van der Waals surface area contributed by atoms with E-state index in [2.05, 4.69) is 38.3 Å². The molecule has 0 aliphatic carbocycles. The molecule has 0 bridgehead atoms. The van der Waals surface area contributed by atoms with Crippen molar-refractivity contribution in [3.63, 3.8) is 0 Å². The summed E-state index contributed by atoms with van der Waals surface area (Å²) >= 11 is 0. The molecule has 5 rings (SSSR count). The lowest BCUT2D eigenvalue weighted by Gasteiger charge is -2.28. The Morgan fingerprint density at radius 2 is 2.03 bits per heavy atom. The molecule has 4 heterocycles. The predicted molar refractivity (Wildman–Crippen MR) is 148 cm³/mol. The van der Waals surface area contributed by atoms with Crippen LogP contribution in [0.4, 0.5) is 10.6 Å². The number of anilines is 1. The summed E-state index contributed by atoms with van der Waals surface area (Å²) in [6, 6.07) is 5.66. The smallest absolute Gasteiger partial charge is 0.410 e. The first-order valence-corrected chi connectivity index (χ1v) is 13.1. The van der Waals surface area contributed by atoms with Crippen LogP contribution >= 0.6 is 0 Å². The number of hydrogen-bond acceptors (Lipinski definition) is 8. The fraction of sp³-hybridized carbons (Fsp3) is 0.464. The summed E-state index contributed by atoms with van der Waals surface area (Å²) < 4.78 is 15.0. The first-order valence-electron chi connectivity index (χ1n) is 13.1. The molecule has 1 fully saturated rings. The standard InChI is InChI=1S/C28H34N8O3/c1-7-34-17(2)32-22-12-18(9-11-23(22)34)8-10-21-24-25(29)30-16-31-26(24)36(33-21)19-13-20(15-38-6)35(14-19)27(37)39-28(3,4)5/h9,11-12,16,19-20H,7,13-15H2,1-6H3,(H2,29,30,31)/t19-,20+/m0/s1. The van der Waals surface area contributed by atoms with Gasteiger partial charge < -0.3 is 24.7 Å². The molecule has 1 aliphatic rings. The van der Waals surface area contributed by atoms with Gasteiger partial charge in [-0.05, 0) is 65.2 Å². The van der Waals surface area contributed by atoms with Crippen molar-refractivity contribution < 1.29 is 14.3 Å². The molecule has 3 aromatic heterocycles. The van der Waals surface area contributed by atoms with Crippen LogP contribution in [0.25, 0.3) is 22.1 Å². The number of amides is 1. The molecular formula is C28H34N8O3. The average molecular weight is 531 g/mol. The number of methoxy groups -OCH3 is 1. The molecule has 0 radical (unpaired) electrons. The lowest BCUT2D eigenvalue weighted by molar-refractivity contribution is 0.0145. The van der Waals surface area contributed by atoms with E-state index in [0.717, 1.165) is 29.0 Å². The van der Waals surface area contributed by atoms with Gasteiger partial charge in [0.2, 0.25) is 0 Å². The zero-order chi connectivity index (χ0) is 27.9. The Morgan fingerprint density at radius 1 is 1.23 bits per heavy atom. The maximum Gasteiger partial charge on any atom is 0.410 e. The Kier molecular flexibility index (Phi) is 6.91. The summed E-state index contributed by atoms with van der Waals surface area (Å²) in [5.41, 5.74) is 9.53. The van der Waals surface area contributed by atoms with Crippen molar-refractivity contribution in [2.45, 2.75) is 65.3 Å². The Balaban J connectivity index is 1.50. The van der Waals surface area contributed by atoms with Crippen LogP contribution in [0.1, 0.15) is 57.2 Å². The third-order valence-electron chi connectivity index (χ3n) is 6.82. The zero-order valence-electron chi connectivity index (χ0n) is 23.2. The molecule has 2 atom stereocenters. The zero-order valence-corrected chi connectivity index (χ0v) is 23.2. The van der Waals surface area contributed by atoms with E-state index in [1.807, 2.05) is 45.9 Å². The van der Waals surface area contributed by atoms with Crippen molar-refractivity contribution in [1.29, 1.82) is 0 Å². The van der Waals surface area contributed by atoms with Gasteiger partial charge in [0.05, 0.1) is 35.1 Å². The van der Waals surface area contributed by atoms with Crippen molar-refractivity contribution in [3.05, 3.63) is 41.6 Å². The van der Waals surface area contributed by atoms with Gasteiger partial charge in [-0.3, -0.25) is 0 Å². The minimum absolute atomic E-state index is 0.164. The Morgan fingerprint density at radius 3 is 2.74 bits per heavy atom. The highest BCUT2D eigenvalue weighted by atomic mass is 16.6. The molecule has 2 N–H and O–H groups in total. The molecule has 11 heteroatoms. The number of nitrogen functional groups attached to an aromatic ring is 1. The molecule has 1 aromatic carbocycles. The molecule has 0 unspecified atom stereocenters. The van der Waals surface area contributed by atoms with Crippen LogP contribution in [0.15, 0.2) is 24.5 Å². The number of fused-ring (bicyclic) bond motifs is 2. The molecule has 204 valence electrons. The minimum atomic E-state index is -0.605. The quantitative estimate of drug-likeness (QED) is 0.396. The number of benzene rings is 1. The number of nitrogens with zero attached hydrogens (tertiary/aromatic N) is 7. The second-order valence-electron chi connectivity index (χ2n) is 10.7. The number of ether oxygens (including phenoxy) is 2. The summed E-state index contributed by atoms with van der Waals surface area (Å²) in [4.78, 5) is 28.0. The van der Waals surface area contributed by atoms with Crippen LogP contribution in [0.2, 0.25) is 0 Å². The average Bonchev–Trinajstić information content (AvgIpc) is 3.54. The number of rotatable bonds is 4.